The molecule has 0 saturated heterocycles. The minimum atomic E-state index is -3.96. The van der Waals surface area contributed by atoms with Crippen molar-refractivity contribution in [3.8, 4) is 23.6 Å². The molecule has 0 radical (unpaired) electrons. The van der Waals surface area contributed by atoms with E-state index >= 15 is 0 Å². The highest BCUT2D eigenvalue weighted by atomic mass is 32.2. The molecule has 3 aromatic rings. The fourth-order valence-electron chi connectivity index (χ4n) is 4.04. The summed E-state index contributed by atoms with van der Waals surface area (Å²) in [6, 6.07) is 23.0. The number of rotatable bonds is 11. The molecular weight excluding hydrogens is 490 g/mol. The van der Waals surface area contributed by atoms with Crippen LogP contribution in [0.4, 0.5) is 0 Å². The number of ether oxygens (including phenoxy) is 3. The Bertz CT molecular complexity index is 1340. The van der Waals surface area contributed by atoms with E-state index < -0.39 is 21.4 Å². The first-order valence-corrected chi connectivity index (χ1v) is 13.0. The van der Waals surface area contributed by atoms with Gasteiger partial charge in [0.2, 0.25) is 10.0 Å². The second-order valence-electron chi connectivity index (χ2n) is 8.40. The molecule has 37 heavy (non-hydrogen) atoms. The Morgan fingerprint density at radius 1 is 0.811 bits per heavy atom. The van der Waals surface area contributed by atoms with Crippen LogP contribution in [0.5, 0.6) is 11.5 Å². The molecule has 3 aromatic carbocycles. The van der Waals surface area contributed by atoms with Crippen molar-refractivity contribution in [3.63, 3.8) is 0 Å². The molecule has 3 rings (SSSR count). The molecular formula is C28H29N3O5S. The normalized spacial score (nSPS) is 12.8. The van der Waals surface area contributed by atoms with Crippen LogP contribution in [-0.2, 0) is 27.8 Å². The molecule has 0 saturated carbocycles. The molecule has 0 unspecified atom stereocenters. The van der Waals surface area contributed by atoms with Crippen LogP contribution in [-0.4, -0.2) is 39.3 Å². The molecule has 0 fully saturated rings. The third-order valence-electron chi connectivity index (χ3n) is 6.16. The fraction of sp³-hybridized carbons (Fsp3) is 0.286. The van der Waals surface area contributed by atoms with E-state index in [4.69, 9.17) is 14.2 Å². The molecule has 0 aliphatic carbocycles. The molecule has 9 heteroatoms. The van der Waals surface area contributed by atoms with Gasteiger partial charge in [-0.05, 0) is 60.0 Å². The van der Waals surface area contributed by atoms with Gasteiger partial charge in [-0.3, -0.25) is 0 Å². The van der Waals surface area contributed by atoms with Crippen molar-refractivity contribution in [1.29, 1.82) is 10.5 Å². The predicted octanol–water partition coefficient (Wildman–Crippen LogP) is 4.56. The highest BCUT2D eigenvalue weighted by Crippen LogP contribution is 2.32. The summed E-state index contributed by atoms with van der Waals surface area (Å²) in [5, 5.41) is 17.8. The zero-order chi connectivity index (χ0) is 27.0. The lowest BCUT2D eigenvalue weighted by molar-refractivity contribution is 0.100. The summed E-state index contributed by atoms with van der Waals surface area (Å²) in [6.45, 7) is 1.81. The van der Waals surface area contributed by atoms with E-state index in [1.807, 2.05) is 30.3 Å². The van der Waals surface area contributed by atoms with Gasteiger partial charge in [-0.2, -0.15) is 14.8 Å². The summed E-state index contributed by atoms with van der Waals surface area (Å²) in [5.74, 6) is 1.34. The van der Waals surface area contributed by atoms with Crippen LogP contribution < -0.4 is 9.47 Å². The van der Waals surface area contributed by atoms with Gasteiger partial charge in [0.25, 0.3) is 0 Å². The molecule has 0 spiro atoms. The van der Waals surface area contributed by atoms with Crippen LogP contribution in [0.3, 0.4) is 0 Å². The largest absolute Gasteiger partial charge is 0.497 e. The summed E-state index contributed by atoms with van der Waals surface area (Å²) in [7, 11) is 0.593. The van der Waals surface area contributed by atoms with E-state index in [9.17, 15) is 18.9 Å². The highest BCUT2D eigenvalue weighted by Gasteiger charge is 2.37. The van der Waals surface area contributed by atoms with Crippen molar-refractivity contribution in [3.05, 3.63) is 94.5 Å². The van der Waals surface area contributed by atoms with E-state index in [-0.39, 0.29) is 18.7 Å². The molecule has 0 N–H and O–H groups in total. The van der Waals surface area contributed by atoms with Crippen LogP contribution in [0, 0.1) is 22.7 Å². The second kappa shape index (κ2) is 12.4. The Kier molecular flexibility index (Phi) is 9.26. The van der Waals surface area contributed by atoms with E-state index in [2.05, 4.69) is 6.07 Å². The number of sulfonamides is 1. The van der Waals surface area contributed by atoms with Crippen LogP contribution in [0.1, 0.15) is 40.8 Å². The SMILES string of the molecule is COc1ccc(CN(Cc2ccc(OC)cc2)S(=O)(=O)[C@@H](C)[C@H](OC)c2ccc(C#N)cc2C#N)cc1. The second-order valence-corrected chi connectivity index (χ2v) is 10.7. The molecule has 0 aliphatic rings. The number of hydrogen-bond acceptors (Lipinski definition) is 7. The van der Waals surface area contributed by atoms with Gasteiger partial charge in [-0.15, -0.1) is 0 Å². The zero-order valence-corrected chi connectivity index (χ0v) is 22.0. The summed E-state index contributed by atoms with van der Waals surface area (Å²) >= 11 is 0. The summed E-state index contributed by atoms with van der Waals surface area (Å²) in [5.41, 5.74) is 2.50. The van der Waals surface area contributed by atoms with Gasteiger partial charge in [0.15, 0.2) is 0 Å². The predicted molar refractivity (Wildman–Crippen MR) is 139 cm³/mol. The van der Waals surface area contributed by atoms with E-state index in [1.54, 1.807) is 57.5 Å². The monoisotopic (exact) mass is 519 g/mol. The van der Waals surface area contributed by atoms with Gasteiger partial charge in [0.05, 0.1) is 37.5 Å². The van der Waals surface area contributed by atoms with Crippen molar-refractivity contribution in [2.24, 2.45) is 0 Å². The smallest absolute Gasteiger partial charge is 0.220 e. The average molecular weight is 520 g/mol. The van der Waals surface area contributed by atoms with Gasteiger partial charge < -0.3 is 14.2 Å². The van der Waals surface area contributed by atoms with Crippen LogP contribution in [0.2, 0.25) is 0 Å². The minimum absolute atomic E-state index is 0.123. The number of benzene rings is 3. The first kappa shape index (κ1) is 27.7. The minimum Gasteiger partial charge on any atom is -0.497 e. The summed E-state index contributed by atoms with van der Waals surface area (Å²) in [6.07, 6.45) is -0.929. The average Bonchev–Trinajstić information content (AvgIpc) is 2.93. The zero-order valence-electron chi connectivity index (χ0n) is 21.2. The Morgan fingerprint density at radius 2 is 1.32 bits per heavy atom. The maximum absolute atomic E-state index is 14.0. The number of nitriles is 2. The Morgan fingerprint density at radius 3 is 1.73 bits per heavy atom. The first-order chi connectivity index (χ1) is 17.8. The van der Waals surface area contributed by atoms with Gasteiger partial charge in [0, 0.05) is 20.2 Å². The standard InChI is InChI=1S/C28H29N3O5S/c1-20(28(36-4)27-14-9-23(16-29)15-24(27)17-30)37(32,33)31(18-21-5-10-25(34-2)11-6-21)19-22-7-12-26(35-3)13-8-22/h5-15,20,28H,18-19H2,1-4H3/t20-,28-/m0/s1. The van der Waals surface area contributed by atoms with Crippen molar-refractivity contribution in [2.75, 3.05) is 21.3 Å². The van der Waals surface area contributed by atoms with E-state index in [0.717, 1.165) is 11.1 Å². The van der Waals surface area contributed by atoms with Crippen molar-refractivity contribution < 1.29 is 22.6 Å². The maximum Gasteiger partial charge on any atom is 0.220 e. The van der Waals surface area contributed by atoms with Gasteiger partial charge >= 0.3 is 0 Å². The molecule has 0 heterocycles. The molecule has 2 atom stereocenters. The topological polar surface area (TPSA) is 113 Å². The number of nitrogens with zero attached hydrogens (tertiary/aromatic N) is 3. The Balaban J connectivity index is 2.00. The van der Waals surface area contributed by atoms with Crippen molar-refractivity contribution in [2.45, 2.75) is 31.4 Å². The van der Waals surface area contributed by atoms with Crippen molar-refractivity contribution >= 4 is 10.0 Å². The van der Waals surface area contributed by atoms with Gasteiger partial charge in [-0.1, -0.05) is 30.3 Å². The van der Waals surface area contributed by atoms with Crippen LogP contribution in [0.25, 0.3) is 0 Å². The van der Waals surface area contributed by atoms with Gasteiger partial charge in [0.1, 0.15) is 22.9 Å². The third-order valence-corrected chi connectivity index (χ3v) is 8.32. The number of methoxy groups -OCH3 is 3. The molecule has 8 nitrogen and oxygen atoms in total. The van der Waals surface area contributed by atoms with Gasteiger partial charge in [-0.25, -0.2) is 8.42 Å². The maximum atomic E-state index is 14.0. The molecule has 192 valence electrons. The third kappa shape index (κ3) is 6.46. The lowest BCUT2D eigenvalue weighted by Gasteiger charge is -2.30. The lowest BCUT2D eigenvalue weighted by Crippen LogP contribution is -2.40. The molecule has 0 aromatic heterocycles. The van der Waals surface area contributed by atoms with E-state index in [0.29, 0.717) is 22.6 Å². The molecule has 0 amide bonds. The molecule has 0 bridgehead atoms. The lowest BCUT2D eigenvalue weighted by atomic mass is 9.99. The summed E-state index contributed by atoms with van der Waals surface area (Å²) < 4.78 is 45.6. The Hall–Kier alpha value is -3.89. The highest BCUT2D eigenvalue weighted by molar-refractivity contribution is 7.89. The van der Waals surface area contributed by atoms with E-state index in [1.165, 1.54) is 17.5 Å². The van der Waals surface area contributed by atoms with Crippen LogP contribution in [0.15, 0.2) is 66.7 Å². The Labute approximate surface area is 218 Å². The quantitative estimate of drug-likeness (QED) is 0.365. The molecule has 0 aliphatic heterocycles. The number of hydrogen-bond donors (Lipinski definition) is 0. The summed E-state index contributed by atoms with van der Waals surface area (Å²) in [4.78, 5) is 0. The first-order valence-electron chi connectivity index (χ1n) is 11.5. The fourth-order valence-corrected chi connectivity index (χ4v) is 5.74. The van der Waals surface area contributed by atoms with Crippen molar-refractivity contribution in [1.82, 2.24) is 4.31 Å². The van der Waals surface area contributed by atoms with Crippen LogP contribution >= 0.6 is 0 Å².